The van der Waals surface area contributed by atoms with Crippen LogP contribution in [0.4, 0.5) is 0 Å². The Hall–Kier alpha value is -1.94. The molecule has 558 valence electrons. The smallest absolute Gasteiger partial charge is 0.462 e. The molecule has 0 saturated carbocycles. The standard InChI is InChI=1S/C75H146O17P2/c1-5-9-13-17-21-25-28-31-33-35-37-39-42-46-50-54-58-62-75(80)92-71(66-86-73(78)60-56-52-48-44-41-38-36-34-32-29-26-22-18-14-10-6-2)68-90-94(83,84)88-64-69(76)63-87-93(81,82)89-67-70(65-85-72(77)59-55-51-47-43-24-20-16-12-8-4)91-74(79)61-57-53-49-45-40-30-27-23-19-15-11-7-3/h69-71,76H,5-68H2,1-4H3,(H,81,82)(H,83,84)/t69-,70+,71+/m0/s1. The first-order valence-corrected chi connectivity index (χ1v) is 42.3. The summed E-state index contributed by atoms with van der Waals surface area (Å²) in [7, 11) is -9.90. The maximum atomic E-state index is 13.1. The number of aliphatic hydroxyl groups is 1. The van der Waals surface area contributed by atoms with Crippen molar-refractivity contribution in [2.24, 2.45) is 0 Å². The van der Waals surface area contributed by atoms with E-state index in [0.717, 1.165) is 89.9 Å². The van der Waals surface area contributed by atoms with E-state index in [1.807, 2.05) is 0 Å². The lowest BCUT2D eigenvalue weighted by atomic mass is 10.0. The third kappa shape index (κ3) is 68.6. The largest absolute Gasteiger partial charge is 0.472 e. The summed E-state index contributed by atoms with van der Waals surface area (Å²) in [4.78, 5) is 72.7. The van der Waals surface area contributed by atoms with Crippen LogP contribution in [0, 0.1) is 0 Å². The van der Waals surface area contributed by atoms with Crippen LogP contribution in [0.2, 0.25) is 0 Å². The van der Waals surface area contributed by atoms with E-state index in [4.69, 9.17) is 37.0 Å². The van der Waals surface area contributed by atoms with Crippen LogP contribution in [0.15, 0.2) is 0 Å². The second kappa shape index (κ2) is 69.5. The van der Waals surface area contributed by atoms with E-state index in [1.54, 1.807) is 0 Å². The molecule has 0 rings (SSSR count). The normalized spacial score (nSPS) is 13.9. The van der Waals surface area contributed by atoms with Crippen LogP contribution in [-0.4, -0.2) is 96.7 Å². The molecule has 0 amide bonds. The molecule has 17 nitrogen and oxygen atoms in total. The molecule has 0 heterocycles. The van der Waals surface area contributed by atoms with Crippen molar-refractivity contribution in [2.45, 2.75) is 418 Å². The number of carbonyl (C=O) groups is 4. The fourth-order valence-corrected chi connectivity index (χ4v) is 13.2. The van der Waals surface area contributed by atoms with Gasteiger partial charge in [-0.2, -0.15) is 0 Å². The van der Waals surface area contributed by atoms with Crippen LogP contribution in [-0.2, 0) is 65.4 Å². The summed E-state index contributed by atoms with van der Waals surface area (Å²) in [5, 5.41) is 10.6. The van der Waals surface area contributed by atoms with Gasteiger partial charge in [-0.1, -0.05) is 349 Å². The Labute approximate surface area is 575 Å². The molecule has 0 aliphatic carbocycles. The van der Waals surface area contributed by atoms with E-state index < -0.39 is 97.5 Å². The highest BCUT2D eigenvalue weighted by atomic mass is 31.2. The van der Waals surface area contributed by atoms with Gasteiger partial charge in [0.25, 0.3) is 0 Å². The Kier molecular flexibility index (Phi) is 68.1. The molecule has 0 aliphatic heterocycles. The zero-order chi connectivity index (χ0) is 69.0. The minimum absolute atomic E-state index is 0.108. The van der Waals surface area contributed by atoms with E-state index in [-0.39, 0.29) is 25.7 Å². The van der Waals surface area contributed by atoms with Crippen molar-refractivity contribution < 1.29 is 80.2 Å². The van der Waals surface area contributed by atoms with Crippen molar-refractivity contribution in [1.82, 2.24) is 0 Å². The molecule has 0 fully saturated rings. The fourth-order valence-electron chi connectivity index (χ4n) is 11.6. The number of phosphoric acid groups is 2. The number of esters is 4. The Bertz CT molecular complexity index is 1790. The summed E-state index contributed by atoms with van der Waals surface area (Å²) in [6, 6.07) is 0. The number of hydrogen-bond donors (Lipinski definition) is 3. The molecule has 3 N–H and O–H groups in total. The van der Waals surface area contributed by atoms with Crippen LogP contribution >= 0.6 is 15.6 Å². The molecule has 5 atom stereocenters. The van der Waals surface area contributed by atoms with Crippen LogP contribution in [0.5, 0.6) is 0 Å². The molecule has 0 spiro atoms. The van der Waals surface area contributed by atoms with Crippen LogP contribution in [0.1, 0.15) is 400 Å². The summed E-state index contributed by atoms with van der Waals surface area (Å²) in [6.07, 6.45) is 59.5. The van der Waals surface area contributed by atoms with Crippen molar-refractivity contribution in [2.75, 3.05) is 39.6 Å². The SMILES string of the molecule is CCCCCCCCCCCCCCCCCCCC(=O)O[C@H](COC(=O)CCCCCCCCCCCCCCCCCC)COP(=O)(O)OC[C@@H](O)COP(=O)(O)OC[C@@H](COC(=O)CCCCCCCCCCC)OC(=O)CCCCCCCCCCCCCC. The second-order valence-corrected chi connectivity index (χ2v) is 29.9. The molecule has 0 radical (unpaired) electrons. The van der Waals surface area contributed by atoms with Gasteiger partial charge < -0.3 is 33.8 Å². The number of phosphoric ester groups is 2. The quantitative estimate of drug-likeness (QED) is 0.0222. The highest BCUT2D eigenvalue weighted by Gasteiger charge is 2.30. The van der Waals surface area contributed by atoms with E-state index >= 15 is 0 Å². The minimum Gasteiger partial charge on any atom is -0.462 e. The highest BCUT2D eigenvalue weighted by molar-refractivity contribution is 7.47. The summed E-state index contributed by atoms with van der Waals surface area (Å²) >= 11 is 0. The molecule has 0 aromatic carbocycles. The topological polar surface area (TPSA) is 237 Å². The van der Waals surface area contributed by atoms with Crippen molar-refractivity contribution in [1.29, 1.82) is 0 Å². The van der Waals surface area contributed by atoms with Gasteiger partial charge in [0.2, 0.25) is 0 Å². The predicted octanol–water partition coefficient (Wildman–Crippen LogP) is 22.2. The fraction of sp³-hybridized carbons (Fsp3) is 0.947. The first-order valence-electron chi connectivity index (χ1n) is 39.3. The first-order chi connectivity index (χ1) is 45.7. The number of unbranched alkanes of at least 4 members (excludes halogenated alkanes) is 50. The third-order valence-corrected chi connectivity index (χ3v) is 19.5. The zero-order valence-corrected chi connectivity index (χ0v) is 62.7. The molecular weight excluding hydrogens is 1230 g/mol. The van der Waals surface area contributed by atoms with Gasteiger partial charge in [-0.05, 0) is 25.7 Å². The maximum absolute atomic E-state index is 13.1. The van der Waals surface area contributed by atoms with Crippen LogP contribution in [0.25, 0.3) is 0 Å². The molecule has 0 aromatic rings. The molecule has 19 heteroatoms. The summed E-state index contributed by atoms with van der Waals surface area (Å²) in [5.41, 5.74) is 0. The number of ether oxygens (including phenoxy) is 4. The molecule has 0 aliphatic rings. The molecule has 94 heavy (non-hydrogen) atoms. The maximum Gasteiger partial charge on any atom is 0.472 e. The Balaban J connectivity index is 5.22. The van der Waals surface area contributed by atoms with Gasteiger partial charge in [-0.3, -0.25) is 37.3 Å². The van der Waals surface area contributed by atoms with Gasteiger partial charge in [-0.15, -0.1) is 0 Å². The van der Waals surface area contributed by atoms with Crippen molar-refractivity contribution in [3.63, 3.8) is 0 Å². The molecule has 2 unspecified atom stereocenters. The van der Waals surface area contributed by atoms with Gasteiger partial charge in [0, 0.05) is 25.7 Å². The molecule has 0 saturated heterocycles. The number of hydrogen-bond acceptors (Lipinski definition) is 15. The van der Waals surface area contributed by atoms with Crippen molar-refractivity contribution >= 4 is 39.5 Å². The van der Waals surface area contributed by atoms with E-state index in [0.29, 0.717) is 25.7 Å². The van der Waals surface area contributed by atoms with Gasteiger partial charge in [0.1, 0.15) is 19.3 Å². The number of carbonyl (C=O) groups excluding carboxylic acids is 4. The highest BCUT2D eigenvalue weighted by Crippen LogP contribution is 2.45. The van der Waals surface area contributed by atoms with Crippen LogP contribution in [0.3, 0.4) is 0 Å². The van der Waals surface area contributed by atoms with Gasteiger partial charge in [-0.25, -0.2) is 9.13 Å². The van der Waals surface area contributed by atoms with Gasteiger partial charge >= 0.3 is 39.5 Å². The van der Waals surface area contributed by atoms with Crippen LogP contribution < -0.4 is 0 Å². The average Bonchev–Trinajstić information content (AvgIpc) is 1.41. The molecular formula is C75H146O17P2. The van der Waals surface area contributed by atoms with E-state index in [1.165, 1.54) is 231 Å². The number of aliphatic hydroxyl groups excluding tert-OH is 1. The zero-order valence-electron chi connectivity index (χ0n) is 60.9. The Morgan fingerprint density at radius 1 is 0.255 bits per heavy atom. The summed E-state index contributed by atoms with van der Waals surface area (Å²) in [6.45, 7) is 4.97. The van der Waals surface area contributed by atoms with Crippen molar-refractivity contribution in [3.05, 3.63) is 0 Å². The number of rotatable bonds is 76. The lowest BCUT2D eigenvalue weighted by molar-refractivity contribution is -0.161. The Morgan fingerprint density at radius 2 is 0.426 bits per heavy atom. The van der Waals surface area contributed by atoms with Crippen molar-refractivity contribution in [3.8, 4) is 0 Å². The molecule has 0 bridgehead atoms. The Morgan fingerprint density at radius 3 is 0.628 bits per heavy atom. The first kappa shape index (κ1) is 92.1. The lowest BCUT2D eigenvalue weighted by Crippen LogP contribution is -2.30. The molecule has 0 aromatic heterocycles. The second-order valence-electron chi connectivity index (χ2n) is 27.0. The minimum atomic E-state index is -4.95. The summed E-state index contributed by atoms with van der Waals surface area (Å²) in [5.74, 6) is -2.11. The average molecular weight is 1380 g/mol. The predicted molar refractivity (Wildman–Crippen MR) is 382 cm³/mol. The van der Waals surface area contributed by atoms with E-state index in [9.17, 15) is 43.2 Å². The lowest BCUT2D eigenvalue weighted by Gasteiger charge is -2.21. The van der Waals surface area contributed by atoms with E-state index in [2.05, 4.69) is 27.7 Å². The third-order valence-electron chi connectivity index (χ3n) is 17.6. The van der Waals surface area contributed by atoms with Gasteiger partial charge in [0.15, 0.2) is 12.2 Å². The van der Waals surface area contributed by atoms with Gasteiger partial charge in [0.05, 0.1) is 26.4 Å². The summed E-state index contributed by atoms with van der Waals surface area (Å²) < 4.78 is 68.5. The monoisotopic (exact) mass is 1380 g/mol.